The van der Waals surface area contributed by atoms with Crippen molar-refractivity contribution >= 4 is 10.8 Å². The molecule has 0 aliphatic heterocycles. The van der Waals surface area contributed by atoms with E-state index in [0.29, 0.717) is 11.1 Å². The van der Waals surface area contributed by atoms with Gasteiger partial charge in [0.1, 0.15) is 5.82 Å². The fraction of sp³-hybridized carbons (Fsp3) is 0.200. The van der Waals surface area contributed by atoms with Crippen molar-refractivity contribution in [1.29, 1.82) is 0 Å². The molecule has 0 amide bonds. The quantitative estimate of drug-likeness (QED) is 0.188. The van der Waals surface area contributed by atoms with Gasteiger partial charge in [0.05, 0.1) is 5.56 Å². The molecule has 4 aromatic carbocycles. The number of rotatable bonds is 8. The molecule has 0 bridgehead atoms. The van der Waals surface area contributed by atoms with E-state index in [-0.39, 0.29) is 11.1 Å². The first kappa shape index (κ1) is 22.8. The van der Waals surface area contributed by atoms with Crippen LogP contribution in [0.2, 0.25) is 0 Å². The summed E-state index contributed by atoms with van der Waals surface area (Å²) in [5.74, 6) is -2.98. The summed E-state index contributed by atoms with van der Waals surface area (Å²) in [5, 5.41) is 1.70. The molecule has 168 valence electrons. The molecule has 0 aliphatic carbocycles. The Kier molecular flexibility index (Phi) is 6.98. The highest BCUT2D eigenvalue weighted by Crippen LogP contribution is 2.37. The molecule has 0 aliphatic rings. The third kappa shape index (κ3) is 4.73. The monoisotopic (exact) mass is 444 g/mol. The maximum atomic E-state index is 15.3. The van der Waals surface area contributed by atoms with Gasteiger partial charge in [-0.3, -0.25) is 0 Å². The zero-order chi connectivity index (χ0) is 23.4. The number of unbranched alkanes of at least 4 members (excludes halogenated alkanes) is 1. The molecule has 4 aromatic rings. The first-order valence-corrected chi connectivity index (χ1v) is 11.4. The van der Waals surface area contributed by atoms with Crippen molar-refractivity contribution in [1.82, 2.24) is 0 Å². The Morgan fingerprint density at radius 1 is 0.788 bits per heavy atom. The van der Waals surface area contributed by atoms with Crippen LogP contribution in [-0.4, -0.2) is 0 Å². The van der Waals surface area contributed by atoms with Crippen molar-refractivity contribution in [2.75, 3.05) is 0 Å². The average Bonchev–Trinajstić information content (AvgIpc) is 2.84. The fourth-order valence-corrected chi connectivity index (χ4v) is 4.27. The Morgan fingerprint density at radius 2 is 1.55 bits per heavy atom. The van der Waals surface area contributed by atoms with Gasteiger partial charge in [0, 0.05) is 5.56 Å². The minimum Gasteiger partial charge on any atom is -0.206 e. The molecule has 0 fully saturated rings. The van der Waals surface area contributed by atoms with Crippen LogP contribution < -0.4 is 0 Å². The summed E-state index contributed by atoms with van der Waals surface area (Å²) < 4.78 is 45.6. The van der Waals surface area contributed by atoms with Crippen LogP contribution in [-0.2, 0) is 12.8 Å². The highest BCUT2D eigenvalue weighted by Gasteiger charge is 2.22. The summed E-state index contributed by atoms with van der Waals surface area (Å²) in [6.45, 7) is 5.85. The molecule has 0 saturated carbocycles. The lowest BCUT2D eigenvalue weighted by molar-refractivity contribution is 0.502. The third-order valence-corrected chi connectivity index (χ3v) is 6.09. The number of halogens is 3. The van der Waals surface area contributed by atoms with Gasteiger partial charge in [-0.2, -0.15) is 0 Å². The van der Waals surface area contributed by atoms with Gasteiger partial charge >= 0.3 is 0 Å². The van der Waals surface area contributed by atoms with E-state index in [1.807, 2.05) is 36.4 Å². The molecule has 0 atom stereocenters. The number of aryl methyl sites for hydroxylation is 2. The summed E-state index contributed by atoms with van der Waals surface area (Å²) in [7, 11) is 0. The molecule has 0 aromatic heterocycles. The van der Waals surface area contributed by atoms with Crippen LogP contribution in [0, 0.1) is 17.5 Å². The number of hydrogen-bond acceptors (Lipinski definition) is 0. The third-order valence-electron chi connectivity index (χ3n) is 6.09. The summed E-state index contributed by atoms with van der Waals surface area (Å²) in [4.78, 5) is 0. The highest BCUT2D eigenvalue weighted by atomic mass is 19.2. The molecule has 3 heteroatoms. The van der Waals surface area contributed by atoms with Crippen molar-refractivity contribution in [2.45, 2.75) is 39.0 Å². The highest BCUT2D eigenvalue weighted by molar-refractivity contribution is 5.97. The predicted octanol–water partition coefficient (Wildman–Crippen LogP) is 9.05. The van der Waals surface area contributed by atoms with Gasteiger partial charge in [-0.15, -0.1) is 6.58 Å². The Labute approximate surface area is 193 Å². The standard InChI is InChI=1S/C30H27F3/c1-3-5-8-20-12-15-22(16-13-20)28-27(31)19-26(29(32)30(28)33)25-11-7-10-23-18-21(9-6-4-2)14-17-24(23)25/h3,7,10-19H,1,4-6,8-9H2,2H3. The van der Waals surface area contributed by atoms with E-state index in [2.05, 4.69) is 19.6 Å². The molecule has 33 heavy (non-hydrogen) atoms. The Balaban J connectivity index is 1.76. The first-order valence-electron chi connectivity index (χ1n) is 11.4. The Hall–Kier alpha value is -3.33. The minimum atomic E-state index is -1.17. The largest absolute Gasteiger partial charge is 0.206 e. The summed E-state index contributed by atoms with van der Waals surface area (Å²) in [6.07, 6.45) is 6.59. The van der Waals surface area contributed by atoms with Crippen molar-refractivity contribution in [3.63, 3.8) is 0 Å². The van der Waals surface area contributed by atoms with Crippen molar-refractivity contribution in [3.05, 3.63) is 108 Å². The second-order valence-corrected chi connectivity index (χ2v) is 8.40. The lowest BCUT2D eigenvalue weighted by Crippen LogP contribution is -1.99. The van der Waals surface area contributed by atoms with Crippen molar-refractivity contribution in [2.24, 2.45) is 0 Å². The van der Waals surface area contributed by atoms with Crippen LogP contribution in [0.25, 0.3) is 33.0 Å². The first-order chi connectivity index (χ1) is 16.0. The molecule has 0 saturated heterocycles. The molecular formula is C30H27F3. The molecule has 0 N–H and O–H groups in total. The van der Waals surface area contributed by atoms with E-state index in [0.717, 1.165) is 54.5 Å². The van der Waals surface area contributed by atoms with Gasteiger partial charge in [-0.05, 0) is 64.8 Å². The van der Waals surface area contributed by atoms with Crippen LogP contribution in [0.1, 0.15) is 37.3 Å². The van der Waals surface area contributed by atoms with E-state index in [1.54, 1.807) is 24.3 Å². The van der Waals surface area contributed by atoms with Crippen LogP contribution >= 0.6 is 0 Å². The maximum Gasteiger partial charge on any atom is 0.170 e. The number of hydrogen-bond donors (Lipinski definition) is 0. The van der Waals surface area contributed by atoms with E-state index in [4.69, 9.17) is 0 Å². The summed E-state index contributed by atoms with van der Waals surface area (Å²) >= 11 is 0. The van der Waals surface area contributed by atoms with Crippen LogP contribution in [0.3, 0.4) is 0 Å². The second-order valence-electron chi connectivity index (χ2n) is 8.40. The van der Waals surface area contributed by atoms with Crippen molar-refractivity contribution < 1.29 is 13.2 Å². The number of allylic oxidation sites excluding steroid dienone is 1. The topological polar surface area (TPSA) is 0 Å². The Morgan fingerprint density at radius 3 is 2.27 bits per heavy atom. The fourth-order valence-electron chi connectivity index (χ4n) is 4.27. The number of fused-ring (bicyclic) bond motifs is 1. The lowest BCUT2D eigenvalue weighted by atomic mass is 9.93. The summed E-state index contributed by atoms with van der Waals surface area (Å²) in [6, 6.07) is 19.4. The van der Waals surface area contributed by atoms with E-state index < -0.39 is 17.5 Å². The zero-order valence-electron chi connectivity index (χ0n) is 18.8. The second kappa shape index (κ2) is 10.1. The predicted molar refractivity (Wildman–Crippen MR) is 132 cm³/mol. The molecule has 0 spiro atoms. The maximum absolute atomic E-state index is 15.3. The molecule has 0 nitrogen and oxygen atoms in total. The lowest BCUT2D eigenvalue weighted by Gasteiger charge is -2.13. The molecule has 4 rings (SSSR count). The molecule has 0 heterocycles. The SMILES string of the molecule is C=CCCc1ccc(-c2c(F)cc(-c3cccc4cc(CCCC)ccc34)c(F)c2F)cc1. The van der Waals surface area contributed by atoms with Gasteiger partial charge in [-0.25, -0.2) is 13.2 Å². The number of benzene rings is 4. The van der Waals surface area contributed by atoms with Crippen LogP contribution in [0.15, 0.2) is 79.4 Å². The Bertz CT molecular complexity index is 1290. The van der Waals surface area contributed by atoms with E-state index in [9.17, 15) is 0 Å². The molecular weight excluding hydrogens is 417 g/mol. The zero-order valence-corrected chi connectivity index (χ0v) is 18.8. The molecule has 0 radical (unpaired) electrons. The van der Waals surface area contributed by atoms with Crippen LogP contribution in [0.5, 0.6) is 0 Å². The average molecular weight is 445 g/mol. The van der Waals surface area contributed by atoms with Gasteiger partial charge in [0.2, 0.25) is 0 Å². The van der Waals surface area contributed by atoms with Gasteiger partial charge in [0.15, 0.2) is 11.6 Å². The molecule has 0 unspecified atom stereocenters. The van der Waals surface area contributed by atoms with E-state index in [1.165, 1.54) is 5.56 Å². The van der Waals surface area contributed by atoms with Gasteiger partial charge in [0.25, 0.3) is 0 Å². The smallest absolute Gasteiger partial charge is 0.170 e. The van der Waals surface area contributed by atoms with Crippen LogP contribution in [0.4, 0.5) is 13.2 Å². The minimum absolute atomic E-state index is 0.0664. The van der Waals surface area contributed by atoms with Crippen molar-refractivity contribution in [3.8, 4) is 22.3 Å². The van der Waals surface area contributed by atoms with E-state index >= 15 is 13.2 Å². The normalized spacial score (nSPS) is 11.2. The van der Waals surface area contributed by atoms with Gasteiger partial charge in [-0.1, -0.05) is 80.1 Å². The van der Waals surface area contributed by atoms with Gasteiger partial charge < -0.3 is 0 Å². The summed E-state index contributed by atoms with van der Waals surface area (Å²) in [5.41, 5.74) is 2.63.